The molecular formula is C16H18N4O3S. The lowest BCUT2D eigenvalue weighted by molar-refractivity contribution is -0.112. The molecule has 0 spiro atoms. The molecule has 2 rings (SSSR count). The van der Waals surface area contributed by atoms with Crippen LogP contribution in [0.2, 0.25) is 0 Å². The third-order valence-corrected chi connectivity index (χ3v) is 4.36. The van der Waals surface area contributed by atoms with Gasteiger partial charge in [0.1, 0.15) is 0 Å². The maximum atomic E-state index is 12.4. The molecule has 0 saturated carbocycles. The molecule has 2 N–H and O–H groups in total. The molecule has 0 aliphatic heterocycles. The summed E-state index contributed by atoms with van der Waals surface area (Å²) in [5, 5.41) is 2.61. The van der Waals surface area contributed by atoms with Crippen molar-refractivity contribution in [2.24, 2.45) is 0 Å². The number of aryl methyl sites for hydroxylation is 2. The Kier molecular flexibility index (Phi) is 4.99. The second kappa shape index (κ2) is 6.79. The van der Waals surface area contributed by atoms with E-state index in [1.54, 1.807) is 26.8 Å². The third-order valence-electron chi connectivity index (χ3n) is 3.02. The number of anilines is 2. The van der Waals surface area contributed by atoms with Crippen LogP contribution in [0.25, 0.3) is 0 Å². The molecule has 8 heteroatoms. The van der Waals surface area contributed by atoms with Crippen LogP contribution in [0.5, 0.6) is 0 Å². The molecule has 126 valence electrons. The third kappa shape index (κ3) is 4.39. The van der Waals surface area contributed by atoms with Gasteiger partial charge >= 0.3 is 0 Å². The summed E-state index contributed by atoms with van der Waals surface area (Å²) in [7, 11) is -3.81. The molecule has 2 aromatic rings. The first-order valence-electron chi connectivity index (χ1n) is 7.09. The second-order valence-electron chi connectivity index (χ2n) is 5.34. The predicted molar refractivity (Wildman–Crippen MR) is 92.2 cm³/mol. The molecule has 1 aromatic heterocycles. The van der Waals surface area contributed by atoms with E-state index in [1.807, 2.05) is 0 Å². The van der Waals surface area contributed by atoms with Crippen LogP contribution in [0.4, 0.5) is 11.6 Å². The van der Waals surface area contributed by atoms with Crippen molar-refractivity contribution in [2.75, 3.05) is 10.0 Å². The largest absolute Gasteiger partial charge is 0.322 e. The first kappa shape index (κ1) is 17.6. The Morgan fingerprint density at radius 1 is 1.08 bits per heavy atom. The molecule has 1 aromatic carbocycles. The Balaban J connectivity index is 2.20. The molecule has 0 aliphatic rings. The van der Waals surface area contributed by atoms with Gasteiger partial charge in [-0.25, -0.2) is 23.1 Å². The highest BCUT2D eigenvalue weighted by Gasteiger charge is 2.16. The standard InChI is InChI=1S/C16H18N4O3S/c1-10(2)15(21)19-13-5-7-14(8-6-13)24(22,23)20-16-17-11(3)9-12(4)18-16/h5-9H,1H2,2-4H3,(H,19,21)(H,17,18,20). The van der Waals surface area contributed by atoms with Gasteiger partial charge in [0, 0.05) is 22.6 Å². The van der Waals surface area contributed by atoms with Gasteiger partial charge in [-0.15, -0.1) is 0 Å². The number of carbonyl (C=O) groups excluding carboxylic acids is 1. The van der Waals surface area contributed by atoms with Gasteiger partial charge in [-0.1, -0.05) is 6.58 Å². The molecule has 0 aliphatic carbocycles. The summed E-state index contributed by atoms with van der Waals surface area (Å²) in [4.78, 5) is 19.7. The van der Waals surface area contributed by atoms with E-state index in [2.05, 4.69) is 26.6 Å². The molecule has 0 radical (unpaired) electrons. The number of nitrogens with one attached hydrogen (secondary N) is 2. The molecule has 1 amide bonds. The van der Waals surface area contributed by atoms with Crippen LogP contribution in [0.15, 0.2) is 47.4 Å². The first-order valence-corrected chi connectivity index (χ1v) is 8.58. The topological polar surface area (TPSA) is 101 Å². The zero-order valence-corrected chi connectivity index (χ0v) is 14.4. The number of sulfonamides is 1. The van der Waals surface area contributed by atoms with Crippen LogP contribution in [0.3, 0.4) is 0 Å². The minimum absolute atomic E-state index is 0.0205. The number of aromatic nitrogens is 2. The highest BCUT2D eigenvalue weighted by atomic mass is 32.2. The van der Waals surface area contributed by atoms with Crippen molar-refractivity contribution >= 4 is 27.6 Å². The zero-order chi connectivity index (χ0) is 17.9. The molecule has 7 nitrogen and oxygen atoms in total. The summed E-state index contributed by atoms with van der Waals surface area (Å²) < 4.78 is 27.1. The van der Waals surface area contributed by atoms with Crippen molar-refractivity contribution < 1.29 is 13.2 Å². The number of rotatable bonds is 5. The van der Waals surface area contributed by atoms with E-state index in [1.165, 1.54) is 24.3 Å². The molecule has 24 heavy (non-hydrogen) atoms. The van der Waals surface area contributed by atoms with Gasteiger partial charge in [-0.05, 0) is 51.1 Å². The maximum Gasteiger partial charge on any atom is 0.264 e. The fourth-order valence-corrected chi connectivity index (χ4v) is 2.85. The number of benzene rings is 1. The van der Waals surface area contributed by atoms with Gasteiger partial charge in [0.25, 0.3) is 15.9 Å². The Morgan fingerprint density at radius 2 is 1.62 bits per heavy atom. The van der Waals surface area contributed by atoms with E-state index < -0.39 is 10.0 Å². The lowest BCUT2D eigenvalue weighted by Gasteiger charge is -2.09. The fraction of sp³-hybridized carbons (Fsp3) is 0.188. The average molecular weight is 346 g/mol. The molecule has 1 heterocycles. The van der Waals surface area contributed by atoms with E-state index in [9.17, 15) is 13.2 Å². The summed E-state index contributed by atoms with van der Waals surface area (Å²) in [5.41, 5.74) is 2.17. The van der Waals surface area contributed by atoms with E-state index in [0.29, 0.717) is 22.6 Å². The highest BCUT2D eigenvalue weighted by molar-refractivity contribution is 7.92. The van der Waals surface area contributed by atoms with Gasteiger partial charge < -0.3 is 5.32 Å². The van der Waals surface area contributed by atoms with Crippen molar-refractivity contribution in [3.8, 4) is 0 Å². The first-order chi connectivity index (χ1) is 11.2. The van der Waals surface area contributed by atoms with Crippen LogP contribution in [-0.2, 0) is 14.8 Å². The van der Waals surface area contributed by atoms with Gasteiger partial charge in [0.2, 0.25) is 5.95 Å². The number of hydrogen-bond donors (Lipinski definition) is 2. The van der Waals surface area contributed by atoms with Gasteiger partial charge in [-0.2, -0.15) is 0 Å². The maximum absolute atomic E-state index is 12.4. The van der Waals surface area contributed by atoms with Crippen molar-refractivity contribution in [1.82, 2.24) is 9.97 Å². The molecule has 0 saturated heterocycles. The summed E-state index contributed by atoms with van der Waals surface area (Å²) in [5.74, 6) is -0.306. The van der Waals surface area contributed by atoms with E-state index in [-0.39, 0.29) is 16.8 Å². The van der Waals surface area contributed by atoms with E-state index in [4.69, 9.17) is 0 Å². The lowest BCUT2D eigenvalue weighted by atomic mass is 10.3. The Hall–Kier alpha value is -2.74. The number of carbonyl (C=O) groups is 1. The SMILES string of the molecule is C=C(C)C(=O)Nc1ccc(S(=O)(=O)Nc2nc(C)cc(C)n2)cc1. The van der Waals surface area contributed by atoms with Crippen LogP contribution < -0.4 is 10.0 Å². The summed E-state index contributed by atoms with van der Waals surface area (Å²) in [6.45, 7) is 8.63. The van der Waals surface area contributed by atoms with Crippen LogP contribution in [-0.4, -0.2) is 24.3 Å². The molecular weight excluding hydrogens is 328 g/mol. The predicted octanol–water partition coefficient (Wildman–Crippen LogP) is 2.41. The van der Waals surface area contributed by atoms with Crippen LogP contribution in [0.1, 0.15) is 18.3 Å². The molecule has 0 bridgehead atoms. The van der Waals surface area contributed by atoms with Gasteiger partial charge in [0.05, 0.1) is 4.90 Å². The van der Waals surface area contributed by atoms with Crippen molar-refractivity contribution in [3.05, 3.63) is 53.9 Å². The Labute approximate surface area is 140 Å². The van der Waals surface area contributed by atoms with Gasteiger partial charge in [-0.3, -0.25) is 4.79 Å². The monoisotopic (exact) mass is 346 g/mol. The fourth-order valence-electron chi connectivity index (χ4n) is 1.91. The minimum atomic E-state index is -3.81. The molecule has 0 unspecified atom stereocenters. The van der Waals surface area contributed by atoms with Crippen molar-refractivity contribution in [2.45, 2.75) is 25.7 Å². The van der Waals surface area contributed by atoms with E-state index in [0.717, 1.165) is 0 Å². The summed E-state index contributed by atoms with van der Waals surface area (Å²) >= 11 is 0. The number of hydrogen-bond acceptors (Lipinski definition) is 5. The van der Waals surface area contributed by atoms with Crippen LogP contribution in [0, 0.1) is 13.8 Å². The average Bonchev–Trinajstić information content (AvgIpc) is 2.46. The number of amides is 1. The number of nitrogens with zero attached hydrogens (tertiary/aromatic N) is 2. The zero-order valence-electron chi connectivity index (χ0n) is 13.6. The summed E-state index contributed by atoms with van der Waals surface area (Å²) in [6, 6.07) is 7.52. The molecule has 0 atom stereocenters. The quantitative estimate of drug-likeness (QED) is 0.810. The molecule has 0 fully saturated rings. The smallest absolute Gasteiger partial charge is 0.264 e. The van der Waals surface area contributed by atoms with Crippen LogP contribution >= 0.6 is 0 Å². The van der Waals surface area contributed by atoms with Crippen molar-refractivity contribution in [3.63, 3.8) is 0 Å². The normalized spacial score (nSPS) is 11.0. The van der Waals surface area contributed by atoms with Crippen molar-refractivity contribution in [1.29, 1.82) is 0 Å². The Morgan fingerprint density at radius 3 is 2.12 bits per heavy atom. The second-order valence-corrected chi connectivity index (χ2v) is 7.02. The lowest BCUT2D eigenvalue weighted by Crippen LogP contribution is -2.16. The summed E-state index contributed by atoms with van der Waals surface area (Å²) in [6.07, 6.45) is 0. The van der Waals surface area contributed by atoms with E-state index >= 15 is 0 Å². The minimum Gasteiger partial charge on any atom is -0.322 e. The highest BCUT2D eigenvalue weighted by Crippen LogP contribution is 2.17. The van der Waals surface area contributed by atoms with Gasteiger partial charge in [0.15, 0.2) is 0 Å². The Bertz CT molecular complexity index is 870.